The number of fused-ring (bicyclic) bond motifs is 1. The molecule has 4 heterocycles. The lowest BCUT2D eigenvalue weighted by molar-refractivity contribution is 0.307. The van der Waals surface area contributed by atoms with Crippen molar-refractivity contribution in [2.24, 2.45) is 0 Å². The lowest BCUT2D eigenvalue weighted by atomic mass is 10.0. The second-order valence-corrected chi connectivity index (χ2v) is 7.00. The van der Waals surface area contributed by atoms with Crippen LogP contribution in [0.25, 0.3) is 0 Å². The number of nitrogens with zero attached hydrogens (tertiary/aromatic N) is 7. The maximum Gasteiger partial charge on any atom is 0.147 e. The van der Waals surface area contributed by atoms with Gasteiger partial charge in [0, 0.05) is 38.2 Å². The summed E-state index contributed by atoms with van der Waals surface area (Å²) in [5.74, 6) is 2.97. The highest BCUT2D eigenvalue weighted by atomic mass is 15.4. The molecule has 1 fully saturated rings. The zero-order valence-electron chi connectivity index (χ0n) is 14.7. The summed E-state index contributed by atoms with van der Waals surface area (Å²) in [6.45, 7) is 8.01. The van der Waals surface area contributed by atoms with Crippen LogP contribution in [0.15, 0.2) is 6.33 Å². The van der Waals surface area contributed by atoms with Gasteiger partial charge in [-0.2, -0.15) is 5.10 Å². The van der Waals surface area contributed by atoms with E-state index in [1.807, 2.05) is 13.8 Å². The van der Waals surface area contributed by atoms with Crippen LogP contribution in [-0.2, 0) is 13.0 Å². The van der Waals surface area contributed by atoms with Gasteiger partial charge in [0.1, 0.15) is 23.8 Å². The molecular weight excluding hydrogens is 302 g/mol. The maximum atomic E-state index is 4.65. The summed E-state index contributed by atoms with van der Waals surface area (Å²) in [5.41, 5.74) is 2.52. The monoisotopic (exact) mass is 327 g/mol. The summed E-state index contributed by atoms with van der Waals surface area (Å²) >= 11 is 0. The van der Waals surface area contributed by atoms with Gasteiger partial charge in [0.25, 0.3) is 0 Å². The van der Waals surface area contributed by atoms with Crippen molar-refractivity contribution >= 4 is 5.82 Å². The summed E-state index contributed by atoms with van der Waals surface area (Å²) in [5, 5.41) is 4.60. The van der Waals surface area contributed by atoms with Crippen LogP contribution >= 0.6 is 0 Å². The van der Waals surface area contributed by atoms with E-state index in [0.717, 1.165) is 62.9 Å². The first-order valence-electron chi connectivity index (χ1n) is 8.78. The minimum Gasteiger partial charge on any atom is -0.354 e. The van der Waals surface area contributed by atoms with E-state index in [-0.39, 0.29) is 0 Å². The van der Waals surface area contributed by atoms with E-state index in [2.05, 4.69) is 41.6 Å². The van der Waals surface area contributed by atoms with Crippen LogP contribution in [-0.4, -0.2) is 56.3 Å². The minimum atomic E-state index is 0.367. The summed E-state index contributed by atoms with van der Waals surface area (Å²) in [6, 6.07) is 0.367. The second kappa shape index (κ2) is 6.12. The van der Waals surface area contributed by atoms with Crippen LogP contribution in [0.3, 0.4) is 0 Å². The first-order valence-corrected chi connectivity index (χ1v) is 8.78. The van der Waals surface area contributed by atoms with Crippen molar-refractivity contribution in [3.05, 3.63) is 29.2 Å². The minimum absolute atomic E-state index is 0.367. The Morgan fingerprint density at radius 2 is 2.04 bits per heavy atom. The first-order chi connectivity index (χ1) is 11.6. The van der Waals surface area contributed by atoms with Gasteiger partial charge in [-0.1, -0.05) is 0 Å². The van der Waals surface area contributed by atoms with Crippen molar-refractivity contribution in [1.82, 2.24) is 29.6 Å². The molecule has 128 valence electrons. The van der Waals surface area contributed by atoms with E-state index < -0.39 is 0 Å². The van der Waals surface area contributed by atoms with Crippen LogP contribution in [0.2, 0.25) is 0 Å². The number of aryl methyl sites for hydroxylation is 2. The smallest absolute Gasteiger partial charge is 0.147 e. The lowest BCUT2D eigenvalue weighted by Crippen LogP contribution is -2.39. The van der Waals surface area contributed by atoms with Gasteiger partial charge < -0.3 is 9.80 Å². The molecule has 0 saturated carbocycles. The molecule has 0 N–H and O–H groups in total. The highest BCUT2D eigenvalue weighted by molar-refractivity contribution is 5.50. The topological polar surface area (TPSA) is 63.0 Å². The van der Waals surface area contributed by atoms with Crippen LogP contribution in [0.4, 0.5) is 5.82 Å². The second-order valence-electron chi connectivity index (χ2n) is 7.00. The summed E-state index contributed by atoms with van der Waals surface area (Å²) < 4.78 is 2.10. The molecule has 0 amide bonds. The molecule has 1 saturated heterocycles. The normalized spacial score (nSPS) is 21.8. The van der Waals surface area contributed by atoms with Crippen LogP contribution in [0.1, 0.15) is 41.8 Å². The van der Waals surface area contributed by atoms with Gasteiger partial charge in [-0.3, -0.25) is 0 Å². The van der Waals surface area contributed by atoms with Crippen molar-refractivity contribution < 1.29 is 0 Å². The Morgan fingerprint density at radius 1 is 1.17 bits per heavy atom. The van der Waals surface area contributed by atoms with Gasteiger partial charge in [0.15, 0.2) is 0 Å². The predicted octanol–water partition coefficient (Wildman–Crippen LogP) is 1.51. The van der Waals surface area contributed by atoms with Gasteiger partial charge in [0.05, 0.1) is 11.7 Å². The largest absolute Gasteiger partial charge is 0.354 e. The quantitative estimate of drug-likeness (QED) is 0.833. The Labute approximate surface area is 142 Å². The SMILES string of the molecule is Cc1nc(C)n(C2CCCN(c3ncnc4c3CN(C)CC4)C2)n1. The van der Waals surface area contributed by atoms with Crippen LogP contribution in [0, 0.1) is 13.8 Å². The Kier molecular flexibility index (Phi) is 3.96. The van der Waals surface area contributed by atoms with Gasteiger partial charge in [-0.05, 0) is 33.7 Å². The molecule has 0 aliphatic carbocycles. The molecule has 7 nitrogen and oxygen atoms in total. The van der Waals surface area contributed by atoms with Crippen molar-refractivity contribution in [2.75, 3.05) is 31.6 Å². The molecule has 4 rings (SSSR count). The molecule has 1 unspecified atom stereocenters. The zero-order chi connectivity index (χ0) is 16.7. The van der Waals surface area contributed by atoms with E-state index >= 15 is 0 Å². The average molecular weight is 327 g/mol. The maximum absolute atomic E-state index is 4.65. The molecule has 7 heteroatoms. The number of anilines is 1. The molecule has 24 heavy (non-hydrogen) atoms. The van der Waals surface area contributed by atoms with Gasteiger partial charge in [0.2, 0.25) is 0 Å². The van der Waals surface area contributed by atoms with Crippen LogP contribution in [0.5, 0.6) is 0 Å². The Bertz CT molecular complexity index is 739. The number of likely N-dealkylation sites (N-methyl/N-ethyl adjacent to an activating group) is 1. The third-order valence-electron chi connectivity index (χ3n) is 5.12. The highest BCUT2D eigenvalue weighted by Crippen LogP contribution is 2.30. The van der Waals surface area contributed by atoms with E-state index in [4.69, 9.17) is 0 Å². The van der Waals surface area contributed by atoms with Crippen molar-refractivity contribution in [1.29, 1.82) is 0 Å². The number of aromatic nitrogens is 5. The summed E-state index contributed by atoms with van der Waals surface area (Å²) in [6.07, 6.45) is 5.04. The number of hydrogen-bond acceptors (Lipinski definition) is 6. The highest BCUT2D eigenvalue weighted by Gasteiger charge is 2.28. The molecule has 0 bridgehead atoms. The molecule has 2 aliphatic heterocycles. The summed E-state index contributed by atoms with van der Waals surface area (Å²) in [4.78, 5) is 18.4. The predicted molar refractivity (Wildman–Crippen MR) is 92.1 cm³/mol. The first kappa shape index (κ1) is 15.5. The number of hydrogen-bond donors (Lipinski definition) is 0. The van der Waals surface area contributed by atoms with Crippen molar-refractivity contribution in [3.8, 4) is 0 Å². The molecule has 2 aliphatic rings. The van der Waals surface area contributed by atoms with E-state index in [1.54, 1.807) is 6.33 Å². The van der Waals surface area contributed by atoms with E-state index in [0.29, 0.717) is 6.04 Å². The number of rotatable bonds is 2. The van der Waals surface area contributed by atoms with E-state index in [1.165, 1.54) is 11.3 Å². The Balaban J connectivity index is 1.62. The van der Waals surface area contributed by atoms with Crippen LogP contribution < -0.4 is 4.90 Å². The lowest BCUT2D eigenvalue weighted by Gasteiger charge is -2.36. The van der Waals surface area contributed by atoms with E-state index in [9.17, 15) is 0 Å². The van der Waals surface area contributed by atoms with Gasteiger partial charge >= 0.3 is 0 Å². The van der Waals surface area contributed by atoms with Gasteiger partial charge in [-0.15, -0.1) is 0 Å². The molecule has 1 atom stereocenters. The number of piperidine rings is 1. The molecule has 0 radical (unpaired) electrons. The van der Waals surface area contributed by atoms with Gasteiger partial charge in [-0.25, -0.2) is 19.6 Å². The third kappa shape index (κ3) is 2.77. The zero-order valence-corrected chi connectivity index (χ0v) is 14.7. The standard InChI is InChI=1S/C17H25N7/c1-12-20-13(2)24(21-12)14-5-4-7-23(9-14)17-15-10-22(3)8-6-16(15)18-11-19-17/h11,14H,4-10H2,1-3H3. The molecule has 0 aromatic carbocycles. The summed E-state index contributed by atoms with van der Waals surface area (Å²) in [7, 11) is 2.17. The fourth-order valence-corrected chi connectivity index (χ4v) is 3.96. The third-order valence-corrected chi connectivity index (χ3v) is 5.12. The van der Waals surface area contributed by atoms with Crippen molar-refractivity contribution in [3.63, 3.8) is 0 Å². The molecule has 0 spiro atoms. The van der Waals surface area contributed by atoms with Crippen molar-refractivity contribution in [2.45, 2.75) is 45.7 Å². The molecule has 2 aromatic rings. The fourth-order valence-electron chi connectivity index (χ4n) is 3.96. The Hall–Kier alpha value is -2.02. The molecular formula is C17H25N7. The average Bonchev–Trinajstić information content (AvgIpc) is 2.93. The Morgan fingerprint density at radius 3 is 2.83 bits per heavy atom. The fraction of sp³-hybridized carbons (Fsp3) is 0.647. The molecule has 2 aromatic heterocycles.